The molecule has 1 aliphatic heterocycles. The van der Waals surface area contributed by atoms with Crippen molar-refractivity contribution in [2.75, 3.05) is 46.5 Å². The number of nitrogens with zero attached hydrogens (tertiary/aromatic N) is 1. The molecule has 0 aromatic heterocycles. The minimum Gasteiger partial charge on any atom is -0.383 e. The van der Waals surface area contributed by atoms with Crippen molar-refractivity contribution >= 4 is 0 Å². The standard InChI is InChI=1S/C13H28N2O2/c1-4-14-12(11-16-3)9-15-8-6-7-13(10-15)17-5-2/h12-14H,4-11H2,1-3H3. The molecule has 1 N–H and O–H groups in total. The molecule has 1 saturated heterocycles. The predicted octanol–water partition coefficient (Wildman–Crippen LogP) is 1.11. The van der Waals surface area contributed by atoms with Gasteiger partial charge in [-0.15, -0.1) is 0 Å². The first-order valence-electron chi connectivity index (χ1n) is 6.86. The van der Waals surface area contributed by atoms with Gasteiger partial charge in [-0.3, -0.25) is 4.90 Å². The lowest BCUT2D eigenvalue weighted by molar-refractivity contribution is 0.000830. The summed E-state index contributed by atoms with van der Waals surface area (Å²) in [6, 6.07) is 0.436. The topological polar surface area (TPSA) is 33.7 Å². The molecule has 1 fully saturated rings. The van der Waals surface area contributed by atoms with E-state index in [0.29, 0.717) is 12.1 Å². The third-order valence-electron chi connectivity index (χ3n) is 3.20. The summed E-state index contributed by atoms with van der Waals surface area (Å²) >= 11 is 0. The molecule has 1 heterocycles. The first-order chi connectivity index (χ1) is 8.30. The van der Waals surface area contributed by atoms with Crippen LogP contribution in [-0.2, 0) is 9.47 Å². The molecule has 4 heteroatoms. The zero-order chi connectivity index (χ0) is 12.5. The van der Waals surface area contributed by atoms with Crippen molar-refractivity contribution in [3.8, 4) is 0 Å². The molecule has 2 unspecified atom stereocenters. The van der Waals surface area contributed by atoms with Crippen molar-refractivity contribution in [3.63, 3.8) is 0 Å². The first kappa shape index (κ1) is 14.9. The van der Waals surface area contributed by atoms with E-state index in [1.54, 1.807) is 7.11 Å². The van der Waals surface area contributed by atoms with Crippen molar-refractivity contribution in [1.82, 2.24) is 10.2 Å². The molecule has 102 valence electrons. The minimum absolute atomic E-state index is 0.429. The van der Waals surface area contributed by atoms with E-state index in [1.807, 2.05) is 0 Å². The van der Waals surface area contributed by atoms with Gasteiger partial charge in [0.05, 0.1) is 12.7 Å². The Morgan fingerprint density at radius 1 is 1.41 bits per heavy atom. The zero-order valence-electron chi connectivity index (χ0n) is 11.6. The fourth-order valence-corrected chi connectivity index (χ4v) is 2.53. The number of methoxy groups -OCH3 is 1. The van der Waals surface area contributed by atoms with Gasteiger partial charge < -0.3 is 14.8 Å². The Morgan fingerprint density at radius 3 is 2.88 bits per heavy atom. The van der Waals surface area contributed by atoms with Gasteiger partial charge in [-0.1, -0.05) is 6.92 Å². The molecule has 17 heavy (non-hydrogen) atoms. The van der Waals surface area contributed by atoms with E-state index in [1.165, 1.54) is 19.4 Å². The third kappa shape index (κ3) is 5.82. The van der Waals surface area contributed by atoms with Gasteiger partial charge in [-0.05, 0) is 32.9 Å². The SMILES string of the molecule is CCNC(COC)CN1CCCC(OCC)C1. The van der Waals surface area contributed by atoms with Gasteiger partial charge in [0.1, 0.15) is 0 Å². The van der Waals surface area contributed by atoms with Crippen molar-refractivity contribution in [1.29, 1.82) is 0 Å². The molecular weight excluding hydrogens is 216 g/mol. The largest absolute Gasteiger partial charge is 0.383 e. The lowest BCUT2D eigenvalue weighted by Crippen LogP contribution is -2.48. The second-order valence-electron chi connectivity index (χ2n) is 4.69. The van der Waals surface area contributed by atoms with Crippen LogP contribution in [-0.4, -0.2) is 63.5 Å². The van der Waals surface area contributed by atoms with Crippen LogP contribution in [0.2, 0.25) is 0 Å². The first-order valence-corrected chi connectivity index (χ1v) is 6.86. The maximum absolute atomic E-state index is 5.72. The van der Waals surface area contributed by atoms with E-state index in [9.17, 15) is 0 Å². The minimum atomic E-state index is 0.429. The smallest absolute Gasteiger partial charge is 0.0702 e. The number of piperidine rings is 1. The third-order valence-corrected chi connectivity index (χ3v) is 3.20. The molecule has 4 nitrogen and oxygen atoms in total. The van der Waals surface area contributed by atoms with E-state index < -0.39 is 0 Å². The lowest BCUT2D eigenvalue weighted by Gasteiger charge is -2.34. The van der Waals surface area contributed by atoms with Crippen LogP contribution in [0.5, 0.6) is 0 Å². The van der Waals surface area contributed by atoms with Crippen molar-refractivity contribution in [2.45, 2.75) is 38.8 Å². The van der Waals surface area contributed by atoms with Crippen molar-refractivity contribution in [3.05, 3.63) is 0 Å². The second kappa shape index (κ2) is 8.86. The van der Waals surface area contributed by atoms with E-state index in [-0.39, 0.29) is 0 Å². The molecular formula is C13H28N2O2. The second-order valence-corrected chi connectivity index (χ2v) is 4.69. The van der Waals surface area contributed by atoms with E-state index in [4.69, 9.17) is 9.47 Å². The highest BCUT2D eigenvalue weighted by Crippen LogP contribution is 2.13. The molecule has 0 aliphatic carbocycles. The number of rotatable bonds is 8. The highest BCUT2D eigenvalue weighted by atomic mass is 16.5. The van der Waals surface area contributed by atoms with Crippen LogP contribution in [0.1, 0.15) is 26.7 Å². The summed E-state index contributed by atoms with van der Waals surface area (Å²) in [6.07, 6.45) is 2.88. The summed E-state index contributed by atoms with van der Waals surface area (Å²) in [5, 5.41) is 3.47. The average molecular weight is 244 g/mol. The molecule has 0 amide bonds. The Kier molecular flexibility index (Phi) is 7.77. The normalized spacial score (nSPS) is 23.8. The number of nitrogens with one attached hydrogen (secondary N) is 1. The molecule has 0 radical (unpaired) electrons. The maximum atomic E-state index is 5.72. The van der Waals surface area contributed by atoms with Crippen LogP contribution in [0.25, 0.3) is 0 Å². The van der Waals surface area contributed by atoms with E-state index >= 15 is 0 Å². The van der Waals surface area contributed by atoms with Crippen LogP contribution in [0, 0.1) is 0 Å². The molecule has 1 aliphatic rings. The lowest BCUT2D eigenvalue weighted by atomic mass is 10.1. The van der Waals surface area contributed by atoms with E-state index in [0.717, 1.165) is 32.8 Å². The summed E-state index contributed by atoms with van der Waals surface area (Å²) in [5.74, 6) is 0. The highest BCUT2D eigenvalue weighted by Gasteiger charge is 2.22. The van der Waals surface area contributed by atoms with Crippen LogP contribution in [0.3, 0.4) is 0 Å². The van der Waals surface area contributed by atoms with Crippen molar-refractivity contribution < 1.29 is 9.47 Å². The maximum Gasteiger partial charge on any atom is 0.0702 e. The summed E-state index contributed by atoms with van der Waals surface area (Å²) in [4.78, 5) is 2.50. The molecule has 0 bridgehead atoms. The fraction of sp³-hybridized carbons (Fsp3) is 1.00. The summed E-state index contributed by atoms with van der Waals surface area (Å²) in [6.45, 7) is 10.1. The molecule has 0 aromatic rings. The average Bonchev–Trinajstić information content (AvgIpc) is 2.30. The molecule has 0 saturated carbocycles. The Hall–Kier alpha value is -0.160. The quantitative estimate of drug-likeness (QED) is 0.693. The molecule has 1 rings (SSSR count). The van der Waals surface area contributed by atoms with Gasteiger partial charge in [0.2, 0.25) is 0 Å². The van der Waals surface area contributed by atoms with Gasteiger partial charge in [-0.2, -0.15) is 0 Å². The Balaban J connectivity index is 2.32. The van der Waals surface area contributed by atoms with E-state index in [2.05, 4.69) is 24.1 Å². The zero-order valence-corrected chi connectivity index (χ0v) is 11.6. The Labute approximate surface area is 106 Å². The number of hydrogen-bond acceptors (Lipinski definition) is 4. The number of likely N-dealkylation sites (N-methyl/N-ethyl adjacent to an activating group) is 1. The number of likely N-dealkylation sites (tertiary alicyclic amines) is 1. The van der Waals surface area contributed by atoms with Crippen molar-refractivity contribution in [2.24, 2.45) is 0 Å². The van der Waals surface area contributed by atoms with Gasteiger partial charge in [0.25, 0.3) is 0 Å². The summed E-state index contributed by atoms with van der Waals surface area (Å²) < 4.78 is 11.0. The van der Waals surface area contributed by atoms with Crippen LogP contribution in [0.15, 0.2) is 0 Å². The predicted molar refractivity (Wildman–Crippen MR) is 70.4 cm³/mol. The fourth-order valence-electron chi connectivity index (χ4n) is 2.53. The number of hydrogen-bond donors (Lipinski definition) is 1. The summed E-state index contributed by atoms with van der Waals surface area (Å²) in [5.41, 5.74) is 0. The molecule has 2 atom stereocenters. The monoisotopic (exact) mass is 244 g/mol. The van der Waals surface area contributed by atoms with Gasteiger partial charge >= 0.3 is 0 Å². The van der Waals surface area contributed by atoms with Gasteiger partial charge in [0.15, 0.2) is 0 Å². The van der Waals surface area contributed by atoms with Gasteiger partial charge in [-0.25, -0.2) is 0 Å². The van der Waals surface area contributed by atoms with Crippen LogP contribution >= 0.6 is 0 Å². The highest BCUT2D eigenvalue weighted by molar-refractivity contribution is 4.78. The van der Waals surface area contributed by atoms with Crippen LogP contribution in [0.4, 0.5) is 0 Å². The van der Waals surface area contributed by atoms with Crippen LogP contribution < -0.4 is 5.32 Å². The summed E-state index contributed by atoms with van der Waals surface area (Å²) in [7, 11) is 1.77. The molecule has 0 aromatic carbocycles. The number of ether oxygens (including phenoxy) is 2. The van der Waals surface area contributed by atoms with Gasteiger partial charge in [0, 0.05) is 32.8 Å². The molecule has 0 spiro atoms. The Bertz CT molecular complexity index is 182. The Morgan fingerprint density at radius 2 is 2.24 bits per heavy atom.